The molecule has 0 heterocycles. The fourth-order valence-electron chi connectivity index (χ4n) is 2.52. The predicted molar refractivity (Wildman–Crippen MR) is 73.4 cm³/mol. The van der Waals surface area contributed by atoms with Crippen LogP contribution < -0.4 is 5.73 Å². The molecule has 0 aliphatic heterocycles. The van der Waals surface area contributed by atoms with E-state index >= 15 is 0 Å². The Morgan fingerprint density at radius 2 is 1.83 bits per heavy atom. The lowest BCUT2D eigenvalue weighted by Crippen LogP contribution is -2.40. The summed E-state index contributed by atoms with van der Waals surface area (Å²) in [4.78, 5) is 13.1. The molecule has 4 heteroatoms. The molecule has 0 bridgehead atoms. The number of amides is 1. The van der Waals surface area contributed by atoms with E-state index in [0.29, 0.717) is 19.6 Å². The molecule has 0 unspecified atom stereocenters. The van der Waals surface area contributed by atoms with E-state index in [1.165, 1.54) is 25.7 Å². The first kappa shape index (κ1) is 15.4. The van der Waals surface area contributed by atoms with E-state index in [1.807, 2.05) is 0 Å². The number of rotatable bonds is 6. The lowest BCUT2D eigenvalue weighted by atomic mass is 9.94. The van der Waals surface area contributed by atoms with E-state index < -0.39 is 0 Å². The van der Waals surface area contributed by atoms with Crippen LogP contribution in [0.15, 0.2) is 0 Å². The standard InChI is InChI=1S/C14H28N2O2/c1-16(2)13(17)8-7-11-18-14(12-15)9-5-3-4-6-10-14/h3-12,15H2,1-2H3. The monoisotopic (exact) mass is 256 g/mol. The van der Waals surface area contributed by atoms with Gasteiger partial charge in [-0.2, -0.15) is 0 Å². The minimum atomic E-state index is -0.113. The fraction of sp³-hybridized carbons (Fsp3) is 0.929. The van der Waals surface area contributed by atoms with E-state index in [4.69, 9.17) is 10.5 Å². The molecule has 18 heavy (non-hydrogen) atoms. The fourth-order valence-corrected chi connectivity index (χ4v) is 2.52. The van der Waals surface area contributed by atoms with Crippen molar-refractivity contribution in [2.24, 2.45) is 5.73 Å². The Hall–Kier alpha value is -0.610. The van der Waals surface area contributed by atoms with Gasteiger partial charge in [0.05, 0.1) is 5.60 Å². The zero-order valence-electron chi connectivity index (χ0n) is 11.9. The summed E-state index contributed by atoms with van der Waals surface area (Å²) < 4.78 is 6.03. The average Bonchev–Trinajstić information content (AvgIpc) is 2.60. The number of carbonyl (C=O) groups excluding carboxylic acids is 1. The highest BCUT2D eigenvalue weighted by Crippen LogP contribution is 2.29. The van der Waals surface area contributed by atoms with E-state index in [0.717, 1.165) is 19.3 Å². The summed E-state index contributed by atoms with van der Waals surface area (Å²) in [5.74, 6) is 0.168. The summed E-state index contributed by atoms with van der Waals surface area (Å²) in [6, 6.07) is 0. The van der Waals surface area contributed by atoms with Crippen molar-refractivity contribution in [2.45, 2.75) is 57.0 Å². The molecule has 0 aromatic carbocycles. The largest absolute Gasteiger partial charge is 0.374 e. The van der Waals surface area contributed by atoms with Crippen molar-refractivity contribution in [3.8, 4) is 0 Å². The van der Waals surface area contributed by atoms with Crippen LogP contribution in [0, 0.1) is 0 Å². The highest BCUT2D eigenvalue weighted by atomic mass is 16.5. The van der Waals surface area contributed by atoms with Gasteiger partial charge in [-0.05, 0) is 19.3 Å². The maximum atomic E-state index is 11.4. The molecule has 1 aliphatic carbocycles. The van der Waals surface area contributed by atoms with Crippen LogP contribution in [0.3, 0.4) is 0 Å². The molecule has 106 valence electrons. The lowest BCUT2D eigenvalue weighted by molar-refractivity contribution is -0.129. The summed E-state index contributed by atoms with van der Waals surface area (Å²) in [6.07, 6.45) is 8.53. The molecule has 0 aromatic rings. The molecular formula is C14H28N2O2. The molecule has 4 nitrogen and oxygen atoms in total. The number of hydrogen-bond donors (Lipinski definition) is 1. The van der Waals surface area contributed by atoms with Crippen LogP contribution in [-0.4, -0.2) is 43.7 Å². The van der Waals surface area contributed by atoms with Gasteiger partial charge in [-0.25, -0.2) is 0 Å². The van der Waals surface area contributed by atoms with Gasteiger partial charge in [-0.1, -0.05) is 25.7 Å². The quantitative estimate of drug-likeness (QED) is 0.583. The molecule has 1 saturated carbocycles. The molecule has 1 fully saturated rings. The van der Waals surface area contributed by atoms with Crippen LogP contribution in [0.4, 0.5) is 0 Å². The third-order valence-electron chi connectivity index (χ3n) is 3.83. The first-order valence-corrected chi connectivity index (χ1v) is 7.14. The average molecular weight is 256 g/mol. The Morgan fingerprint density at radius 3 is 2.33 bits per heavy atom. The number of nitrogens with zero attached hydrogens (tertiary/aromatic N) is 1. The van der Waals surface area contributed by atoms with Gasteiger partial charge >= 0.3 is 0 Å². The zero-order chi connectivity index (χ0) is 13.4. The van der Waals surface area contributed by atoms with Gasteiger partial charge in [0.25, 0.3) is 0 Å². The van der Waals surface area contributed by atoms with Crippen molar-refractivity contribution in [3.63, 3.8) is 0 Å². The summed E-state index contributed by atoms with van der Waals surface area (Å²) >= 11 is 0. The second-order valence-electron chi connectivity index (χ2n) is 5.54. The molecule has 0 atom stereocenters. The van der Waals surface area contributed by atoms with Crippen LogP contribution in [-0.2, 0) is 9.53 Å². The number of nitrogens with two attached hydrogens (primary N) is 1. The van der Waals surface area contributed by atoms with E-state index in [9.17, 15) is 4.79 Å². The molecule has 1 amide bonds. The summed E-state index contributed by atoms with van der Waals surface area (Å²) in [7, 11) is 3.58. The molecule has 0 radical (unpaired) electrons. The smallest absolute Gasteiger partial charge is 0.222 e. The molecule has 0 aromatic heterocycles. The van der Waals surface area contributed by atoms with Crippen LogP contribution in [0.25, 0.3) is 0 Å². The Morgan fingerprint density at radius 1 is 1.22 bits per heavy atom. The highest BCUT2D eigenvalue weighted by molar-refractivity contribution is 5.75. The highest BCUT2D eigenvalue weighted by Gasteiger charge is 2.30. The van der Waals surface area contributed by atoms with Crippen molar-refractivity contribution in [1.82, 2.24) is 4.90 Å². The van der Waals surface area contributed by atoms with E-state index in [1.54, 1.807) is 19.0 Å². The van der Waals surface area contributed by atoms with Gasteiger partial charge < -0.3 is 15.4 Å². The first-order chi connectivity index (χ1) is 8.59. The van der Waals surface area contributed by atoms with Crippen LogP contribution in [0.2, 0.25) is 0 Å². The zero-order valence-corrected chi connectivity index (χ0v) is 11.9. The van der Waals surface area contributed by atoms with Crippen molar-refractivity contribution in [1.29, 1.82) is 0 Å². The molecule has 2 N–H and O–H groups in total. The predicted octanol–water partition coefficient (Wildman–Crippen LogP) is 1.92. The Bertz CT molecular complexity index is 246. The third kappa shape index (κ3) is 4.94. The van der Waals surface area contributed by atoms with Crippen LogP contribution >= 0.6 is 0 Å². The van der Waals surface area contributed by atoms with Gasteiger partial charge in [0.15, 0.2) is 0 Å². The summed E-state index contributed by atoms with van der Waals surface area (Å²) in [6.45, 7) is 1.26. The van der Waals surface area contributed by atoms with Gasteiger partial charge in [-0.3, -0.25) is 4.79 Å². The molecule has 0 saturated heterocycles. The topological polar surface area (TPSA) is 55.6 Å². The second kappa shape index (κ2) is 7.74. The Balaban J connectivity index is 2.28. The van der Waals surface area contributed by atoms with Gasteiger partial charge in [0.2, 0.25) is 5.91 Å². The number of ether oxygens (including phenoxy) is 1. The van der Waals surface area contributed by atoms with Gasteiger partial charge in [0.1, 0.15) is 0 Å². The second-order valence-corrected chi connectivity index (χ2v) is 5.54. The normalized spacial score (nSPS) is 19.3. The van der Waals surface area contributed by atoms with Crippen molar-refractivity contribution < 1.29 is 9.53 Å². The van der Waals surface area contributed by atoms with Crippen LogP contribution in [0.5, 0.6) is 0 Å². The minimum Gasteiger partial charge on any atom is -0.374 e. The maximum Gasteiger partial charge on any atom is 0.222 e. The SMILES string of the molecule is CN(C)C(=O)CCCOC1(CN)CCCCCC1. The molecule has 1 aliphatic rings. The van der Waals surface area contributed by atoms with E-state index in [-0.39, 0.29) is 11.5 Å². The van der Waals surface area contributed by atoms with Crippen molar-refractivity contribution in [3.05, 3.63) is 0 Å². The van der Waals surface area contributed by atoms with Crippen molar-refractivity contribution >= 4 is 5.91 Å². The summed E-state index contributed by atoms with van der Waals surface area (Å²) in [5, 5.41) is 0. The van der Waals surface area contributed by atoms with Gasteiger partial charge in [0, 0.05) is 33.7 Å². The number of hydrogen-bond acceptors (Lipinski definition) is 3. The molecular weight excluding hydrogens is 228 g/mol. The maximum absolute atomic E-state index is 11.4. The molecule has 0 spiro atoms. The lowest BCUT2D eigenvalue weighted by Gasteiger charge is -2.31. The Kier molecular flexibility index (Phi) is 6.65. The van der Waals surface area contributed by atoms with Gasteiger partial charge in [-0.15, -0.1) is 0 Å². The van der Waals surface area contributed by atoms with Crippen LogP contribution in [0.1, 0.15) is 51.4 Å². The number of carbonyl (C=O) groups is 1. The minimum absolute atomic E-state index is 0.113. The van der Waals surface area contributed by atoms with Crippen molar-refractivity contribution in [2.75, 3.05) is 27.2 Å². The first-order valence-electron chi connectivity index (χ1n) is 7.14. The van der Waals surface area contributed by atoms with E-state index in [2.05, 4.69) is 0 Å². The Labute approximate surface area is 111 Å². The molecule has 1 rings (SSSR count). The third-order valence-corrected chi connectivity index (χ3v) is 3.83. The summed E-state index contributed by atoms with van der Waals surface area (Å²) in [5.41, 5.74) is 5.78.